The van der Waals surface area contributed by atoms with Gasteiger partial charge in [-0.1, -0.05) is 27.5 Å². The molecule has 0 spiro atoms. The van der Waals surface area contributed by atoms with Crippen LogP contribution in [0.15, 0.2) is 18.2 Å². The summed E-state index contributed by atoms with van der Waals surface area (Å²) in [6.45, 7) is 0.412. The molecule has 1 atom stereocenters. The summed E-state index contributed by atoms with van der Waals surface area (Å²) in [5.74, 6) is 0.290. The molecule has 1 aromatic rings. The van der Waals surface area contributed by atoms with Crippen LogP contribution in [0.4, 0.5) is 5.69 Å². The fraction of sp³-hybridized carbons (Fsp3) is 0.364. The summed E-state index contributed by atoms with van der Waals surface area (Å²) in [4.78, 5) is 10.8. The highest BCUT2D eigenvalue weighted by atomic mass is 79.9. The largest absolute Gasteiger partial charge is 0.495 e. The predicted molar refractivity (Wildman–Crippen MR) is 71.2 cm³/mol. The van der Waals surface area contributed by atoms with Gasteiger partial charge in [0.15, 0.2) is 0 Å². The van der Waals surface area contributed by atoms with Crippen molar-refractivity contribution in [2.24, 2.45) is 0 Å². The first-order valence-electron chi connectivity index (χ1n) is 4.87. The highest BCUT2D eigenvalue weighted by molar-refractivity contribution is 9.10. The van der Waals surface area contributed by atoms with Gasteiger partial charge >= 0.3 is 5.97 Å². The first-order chi connectivity index (χ1) is 8.08. The van der Waals surface area contributed by atoms with Gasteiger partial charge in [0.2, 0.25) is 0 Å². The van der Waals surface area contributed by atoms with Crippen LogP contribution in [0.2, 0.25) is 5.02 Å². The third-order valence-electron chi connectivity index (χ3n) is 2.09. The minimum Gasteiger partial charge on any atom is -0.495 e. The molecule has 0 bridgehead atoms. The summed E-state index contributed by atoms with van der Waals surface area (Å²) >= 11 is 9.18. The van der Waals surface area contributed by atoms with Crippen LogP contribution < -0.4 is 10.1 Å². The van der Waals surface area contributed by atoms with Crippen molar-refractivity contribution in [1.29, 1.82) is 0 Å². The number of hydrogen-bond donors (Lipinski definition) is 1. The summed E-state index contributed by atoms with van der Waals surface area (Å²) in [5, 5.41) is 3.58. The van der Waals surface area contributed by atoms with Crippen LogP contribution in [0, 0.1) is 0 Å². The van der Waals surface area contributed by atoms with E-state index in [1.807, 2.05) is 6.07 Å². The molecule has 0 aliphatic heterocycles. The summed E-state index contributed by atoms with van der Waals surface area (Å²) < 4.78 is 9.63. The molecule has 0 amide bonds. The van der Waals surface area contributed by atoms with Crippen molar-refractivity contribution in [2.45, 2.75) is 4.83 Å². The molecular formula is C11H13BrClNO3. The quantitative estimate of drug-likeness (QED) is 0.669. The molecule has 4 nitrogen and oxygen atoms in total. The number of carbonyl (C=O) groups excluding carboxylic acids is 1. The van der Waals surface area contributed by atoms with Crippen LogP contribution in [0.25, 0.3) is 0 Å². The van der Waals surface area contributed by atoms with Crippen molar-refractivity contribution in [3.8, 4) is 5.75 Å². The molecular weight excluding hydrogens is 309 g/mol. The minimum atomic E-state index is -0.395. The SMILES string of the molecule is COC(=O)C(Br)CNc1ccc(OC)c(Cl)c1. The maximum absolute atomic E-state index is 11.1. The summed E-state index contributed by atoms with van der Waals surface area (Å²) in [6, 6.07) is 5.31. The van der Waals surface area contributed by atoms with Gasteiger partial charge < -0.3 is 14.8 Å². The molecule has 0 saturated carbocycles. The fourth-order valence-electron chi connectivity index (χ4n) is 1.20. The lowest BCUT2D eigenvalue weighted by Crippen LogP contribution is -2.24. The molecule has 0 aromatic heterocycles. The number of ether oxygens (including phenoxy) is 2. The van der Waals surface area contributed by atoms with Gasteiger partial charge in [-0.25, -0.2) is 0 Å². The van der Waals surface area contributed by atoms with E-state index in [9.17, 15) is 4.79 Å². The third-order valence-corrected chi connectivity index (χ3v) is 3.09. The zero-order valence-electron chi connectivity index (χ0n) is 9.50. The Labute approximate surface area is 113 Å². The van der Waals surface area contributed by atoms with E-state index in [0.29, 0.717) is 17.3 Å². The molecule has 1 aromatic carbocycles. The number of halogens is 2. The normalized spacial score (nSPS) is 11.8. The fourth-order valence-corrected chi connectivity index (χ4v) is 1.80. The molecule has 1 unspecified atom stereocenters. The second-order valence-electron chi connectivity index (χ2n) is 3.22. The van der Waals surface area contributed by atoms with Gasteiger partial charge in [-0.2, -0.15) is 0 Å². The van der Waals surface area contributed by atoms with Crippen molar-refractivity contribution < 1.29 is 14.3 Å². The van der Waals surface area contributed by atoms with Gasteiger partial charge in [0, 0.05) is 12.2 Å². The Morgan fingerprint density at radius 1 is 1.53 bits per heavy atom. The molecule has 0 aliphatic rings. The lowest BCUT2D eigenvalue weighted by molar-refractivity contribution is -0.139. The second kappa shape index (κ2) is 6.71. The van der Waals surface area contributed by atoms with Gasteiger partial charge in [-0.15, -0.1) is 0 Å². The number of nitrogens with one attached hydrogen (secondary N) is 1. The molecule has 1 N–H and O–H groups in total. The van der Waals surface area contributed by atoms with Crippen molar-refractivity contribution in [2.75, 3.05) is 26.1 Å². The Morgan fingerprint density at radius 2 is 2.24 bits per heavy atom. The monoisotopic (exact) mass is 321 g/mol. The number of hydrogen-bond acceptors (Lipinski definition) is 4. The van der Waals surface area contributed by atoms with Gasteiger partial charge in [-0.3, -0.25) is 4.79 Å². The minimum absolute atomic E-state index is 0.322. The smallest absolute Gasteiger partial charge is 0.321 e. The Morgan fingerprint density at radius 3 is 2.76 bits per heavy atom. The van der Waals surface area contributed by atoms with Crippen LogP contribution >= 0.6 is 27.5 Å². The topological polar surface area (TPSA) is 47.6 Å². The van der Waals surface area contributed by atoms with Crippen LogP contribution in [-0.4, -0.2) is 31.6 Å². The average molecular weight is 323 g/mol. The first-order valence-corrected chi connectivity index (χ1v) is 6.17. The van der Waals surface area contributed by atoms with E-state index in [2.05, 4.69) is 26.0 Å². The van der Waals surface area contributed by atoms with Gasteiger partial charge in [0.25, 0.3) is 0 Å². The number of rotatable bonds is 5. The number of alkyl halides is 1. The second-order valence-corrected chi connectivity index (χ2v) is 4.73. The lowest BCUT2D eigenvalue weighted by atomic mass is 10.3. The Bertz CT molecular complexity index is 400. The molecule has 0 fully saturated rings. The molecule has 0 saturated heterocycles. The van der Waals surface area contributed by atoms with E-state index in [0.717, 1.165) is 5.69 Å². The number of methoxy groups -OCH3 is 2. The maximum atomic E-state index is 11.1. The zero-order valence-corrected chi connectivity index (χ0v) is 11.8. The molecule has 94 valence electrons. The van der Waals surface area contributed by atoms with E-state index in [1.54, 1.807) is 19.2 Å². The van der Waals surface area contributed by atoms with Crippen LogP contribution in [-0.2, 0) is 9.53 Å². The van der Waals surface area contributed by atoms with E-state index < -0.39 is 4.83 Å². The van der Waals surface area contributed by atoms with Crippen molar-refractivity contribution in [3.63, 3.8) is 0 Å². The van der Waals surface area contributed by atoms with Crippen molar-refractivity contribution in [1.82, 2.24) is 0 Å². The van der Waals surface area contributed by atoms with Gasteiger partial charge in [0.1, 0.15) is 10.6 Å². The number of anilines is 1. The standard InChI is InChI=1S/C11H13BrClNO3/c1-16-10-4-3-7(5-9(10)13)14-6-8(12)11(15)17-2/h3-5,8,14H,6H2,1-2H3. The van der Waals surface area contributed by atoms with Gasteiger partial charge in [-0.05, 0) is 18.2 Å². The lowest BCUT2D eigenvalue weighted by Gasteiger charge is -2.11. The highest BCUT2D eigenvalue weighted by Crippen LogP contribution is 2.27. The van der Waals surface area contributed by atoms with E-state index >= 15 is 0 Å². The number of benzene rings is 1. The molecule has 0 heterocycles. The number of carbonyl (C=O) groups is 1. The van der Waals surface area contributed by atoms with Gasteiger partial charge in [0.05, 0.1) is 19.2 Å². The van der Waals surface area contributed by atoms with Crippen LogP contribution in [0.3, 0.4) is 0 Å². The zero-order chi connectivity index (χ0) is 12.8. The van der Waals surface area contributed by atoms with E-state index in [-0.39, 0.29) is 5.97 Å². The molecule has 6 heteroatoms. The first kappa shape index (κ1) is 14.1. The summed E-state index contributed by atoms with van der Waals surface area (Å²) in [6.07, 6.45) is 0. The number of esters is 1. The maximum Gasteiger partial charge on any atom is 0.321 e. The van der Waals surface area contributed by atoms with Crippen LogP contribution in [0.5, 0.6) is 5.75 Å². The molecule has 1 rings (SSSR count). The Kier molecular flexibility index (Phi) is 5.58. The van der Waals surface area contributed by atoms with Crippen molar-refractivity contribution >= 4 is 39.2 Å². The summed E-state index contributed by atoms with van der Waals surface area (Å²) in [7, 11) is 2.90. The van der Waals surface area contributed by atoms with E-state index in [4.69, 9.17) is 16.3 Å². The van der Waals surface area contributed by atoms with E-state index in [1.165, 1.54) is 7.11 Å². The summed E-state index contributed by atoms with van der Waals surface area (Å²) in [5.41, 5.74) is 0.809. The van der Waals surface area contributed by atoms with Crippen LogP contribution in [0.1, 0.15) is 0 Å². The average Bonchev–Trinajstić information content (AvgIpc) is 2.35. The predicted octanol–water partition coefficient (Wildman–Crippen LogP) is 2.70. The Hall–Kier alpha value is -0.940. The highest BCUT2D eigenvalue weighted by Gasteiger charge is 2.14. The Balaban J connectivity index is 2.58. The van der Waals surface area contributed by atoms with Crippen molar-refractivity contribution in [3.05, 3.63) is 23.2 Å². The molecule has 0 aliphatic carbocycles. The molecule has 0 radical (unpaired) electrons. The molecule has 17 heavy (non-hydrogen) atoms. The third kappa shape index (κ3) is 4.09.